The highest BCUT2D eigenvalue weighted by Gasteiger charge is 2.08. The average Bonchev–Trinajstić information content (AvgIpc) is 2.62. The molecule has 0 radical (unpaired) electrons. The molecule has 4 heteroatoms. The van der Waals surface area contributed by atoms with E-state index in [-0.39, 0.29) is 30.9 Å². The fourth-order valence-electron chi connectivity index (χ4n) is 2.61. The normalized spacial score (nSPS) is 11.1. The zero-order valence-electron chi connectivity index (χ0n) is 13.3. The second-order valence-corrected chi connectivity index (χ2v) is 5.41. The van der Waals surface area contributed by atoms with E-state index in [0.29, 0.717) is 6.54 Å². The van der Waals surface area contributed by atoms with E-state index in [1.807, 2.05) is 30.3 Å². The Morgan fingerprint density at radius 3 is 1.92 bits per heavy atom. The van der Waals surface area contributed by atoms with Crippen molar-refractivity contribution in [3.8, 4) is 11.1 Å². The van der Waals surface area contributed by atoms with Gasteiger partial charge in [0.15, 0.2) is 0 Å². The minimum atomic E-state index is -0.0920. The molecule has 0 aliphatic rings. The van der Waals surface area contributed by atoms with Crippen LogP contribution in [0.2, 0.25) is 0 Å². The third-order valence-electron chi connectivity index (χ3n) is 3.92. The summed E-state index contributed by atoms with van der Waals surface area (Å²) in [4.78, 5) is 0. The van der Waals surface area contributed by atoms with Crippen molar-refractivity contribution in [2.45, 2.75) is 12.6 Å². The lowest BCUT2D eigenvalue weighted by molar-refractivity contribution is 0.872. The Morgan fingerprint density at radius 1 is 0.667 bits per heavy atom. The van der Waals surface area contributed by atoms with Gasteiger partial charge in [0.1, 0.15) is 0 Å². The summed E-state index contributed by atoms with van der Waals surface area (Å²) < 4.78 is 0. The molecular weight excluding hydrogens is 339 g/mol. The maximum atomic E-state index is 6.33. The molecule has 0 fully saturated rings. The first-order valence-electron chi connectivity index (χ1n) is 7.48. The van der Waals surface area contributed by atoms with Crippen molar-refractivity contribution in [3.05, 3.63) is 95.6 Å². The van der Waals surface area contributed by atoms with Crippen molar-refractivity contribution in [1.82, 2.24) is 0 Å². The molecule has 24 heavy (non-hydrogen) atoms. The molecule has 0 aromatic heterocycles. The Hall–Kier alpha value is -1.84. The van der Waals surface area contributed by atoms with E-state index in [2.05, 4.69) is 48.5 Å². The van der Waals surface area contributed by atoms with Gasteiger partial charge in [0.05, 0.1) is 6.04 Å². The maximum Gasteiger partial charge on any atom is 0.0551 e. The number of rotatable bonds is 4. The Bertz CT molecular complexity index is 743. The first kappa shape index (κ1) is 20.2. The minimum Gasteiger partial charge on any atom is -0.326 e. The average molecular weight is 361 g/mol. The van der Waals surface area contributed by atoms with Gasteiger partial charge < -0.3 is 11.5 Å². The Morgan fingerprint density at radius 2 is 1.29 bits per heavy atom. The summed E-state index contributed by atoms with van der Waals surface area (Å²) in [5, 5.41) is 0. The molecule has 3 rings (SSSR count). The number of halogens is 2. The number of benzene rings is 3. The van der Waals surface area contributed by atoms with Gasteiger partial charge in [-0.25, -0.2) is 0 Å². The van der Waals surface area contributed by atoms with Crippen molar-refractivity contribution >= 4 is 24.8 Å². The van der Waals surface area contributed by atoms with Crippen LogP contribution in [0.4, 0.5) is 0 Å². The second kappa shape index (κ2) is 9.45. The van der Waals surface area contributed by atoms with Crippen molar-refractivity contribution in [2.75, 3.05) is 0 Å². The van der Waals surface area contributed by atoms with Gasteiger partial charge in [0.25, 0.3) is 0 Å². The van der Waals surface area contributed by atoms with Gasteiger partial charge in [-0.2, -0.15) is 0 Å². The first-order chi connectivity index (χ1) is 10.8. The molecule has 0 heterocycles. The van der Waals surface area contributed by atoms with Crippen LogP contribution in [0, 0.1) is 0 Å². The summed E-state index contributed by atoms with van der Waals surface area (Å²) in [6.45, 7) is 0.560. The third-order valence-corrected chi connectivity index (χ3v) is 3.92. The van der Waals surface area contributed by atoms with Crippen molar-refractivity contribution < 1.29 is 0 Å². The molecule has 2 nitrogen and oxygen atoms in total. The molecule has 0 amide bonds. The van der Waals surface area contributed by atoms with Crippen molar-refractivity contribution in [3.63, 3.8) is 0 Å². The molecule has 0 saturated carbocycles. The van der Waals surface area contributed by atoms with E-state index >= 15 is 0 Å². The number of hydrogen-bond acceptors (Lipinski definition) is 2. The van der Waals surface area contributed by atoms with Crippen LogP contribution in [0.25, 0.3) is 11.1 Å². The Kier molecular flexibility index (Phi) is 7.96. The molecule has 126 valence electrons. The van der Waals surface area contributed by atoms with Crippen LogP contribution in [0.3, 0.4) is 0 Å². The lowest BCUT2D eigenvalue weighted by Crippen LogP contribution is -2.11. The minimum absolute atomic E-state index is 0. The SMILES string of the molecule is Cl.Cl.NCc1cccc(-c2ccc(C(N)c3ccccc3)cc2)c1. The Balaban J connectivity index is 0.00000144. The van der Waals surface area contributed by atoms with Crippen LogP contribution >= 0.6 is 24.8 Å². The van der Waals surface area contributed by atoms with E-state index in [9.17, 15) is 0 Å². The second-order valence-electron chi connectivity index (χ2n) is 5.41. The van der Waals surface area contributed by atoms with Crippen molar-refractivity contribution in [1.29, 1.82) is 0 Å². The molecule has 1 atom stereocenters. The predicted octanol–water partition coefficient (Wildman–Crippen LogP) is 4.70. The summed E-state index contributed by atoms with van der Waals surface area (Å²) >= 11 is 0. The van der Waals surface area contributed by atoms with Gasteiger partial charge in [-0.05, 0) is 33.9 Å². The standard InChI is InChI=1S/C20H20N2.2ClH/c21-14-15-5-4-8-19(13-15)16-9-11-18(12-10-16)20(22)17-6-2-1-3-7-17;;/h1-13,20H,14,21-22H2;2*1H. The zero-order chi connectivity index (χ0) is 15.4. The van der Waals surface area contributed by atoms with Gasteiger partial charge in [-0.1, -0.05) is 72.8 Å². The molecule has 0 bridgehead atoms. The smallest absolute Gasteiger partial charge is 0.0551 e. The number of hydrogen-bond donors (Lipinski definition) is 2. The number of nitrogens with two attached hydrogens (primary N) is 2. The lowest BCUT2D eigenvalue weighted by atomic mass is 9.96. The van der Waals surface area contributed by atoms with E-state index in [4.69, 9.17) is 11.5 Å². The molecule has 3 aromatic carbocycles. The molecular formula is C20H22Cl2N2. The lowest BCUT2D eigenvalue weighted by Gasteiger charge is -2.13. The van der Waals surface area contributed by atoms with E-state index in [1.54, 1.807) is 0 Å². The highest BCUT2D eigenvalue weighted by atomic mass is 35.5. The van der Waals surface area contributed by atoms with Crippen LogP contribution in [-0.4, -0.2) is 0 Å². The van der Waals surface area contributed by atoms with Gasteiger partial charge in [0.2, 0.25) is 0 Å². The highest BCUT2D eigenvalue weighted by molar-refractivity contribution is 5.85. The largest absolute Gasteiger partial charge is 0.326 e. The summed E-state index contributed by atoms with van der Waals surface area (Å²) in [5.74, 6) is 0. The summed E-state index contributed by atoms with van der Waals surface area (Å²) in [5.41, 5.74) is 17.8. The highest BCUT2D eigenvalue weighted by Crippen LogP contribution is 2.24. The topological polar surface area (TPSA) is 52.0 Å². The Labute approximate surface area is 155 Å². The molecule has 0 aliphatic carbocycles. The van der Waals surface area contributed by atoms with Crippen LogP contribution in [0.5, 0.6) is 0 Å². The molecule has 0 aliphatic heterocycles. The molecule has 0 saturated heterocycles. The van der Waals surface area contributed by atoms with Gasteiger partial charge >= 0.3 is 0 Å². The van der Waals surface area contributed by atoms with E-state index in [1.165, 1.54) is 11.1 Å². The van der Waals surface area contributed by atoms with Crippen molar-refractivity contribution in [2.24, 2.45) is 11.5 Å². The van der Waals surface area contributed by atoms with E-state index in [0.717, 1.165) is 16.7 Å². The fourth-order valence-corrected chi connectivity index (χ4v) is 2.61. The van der Waals surface area contributed by atoms with Crippen LogP contribution in [-0.2, 0) is 6.54 Å². The summed E-state index contributed by atoms with van der Waals surface area (Å²) in [6.07, 6.45) is 0. The molecule has 0 spiro atoms. The maximum absolute atomic E-state index is 6.33. The summed E-state index contributed by atoms with van der Waals surface area (Å²) in [7, 11) is 0. The van der Waals surface area contributed by atoms with Crippen LogP contribution < -0.4 is 11.5 Å². The van der Waals surface area contributed by atoms with Gasteiger partial charge in [-0.15, -0.1) is 24.8 Å². The fraction of sp³-hybridized carbons (Fsp3) is 0.100. The third kappa shape index (κ3) is 4.59. The van der Waals surface area contributed by atoms with Gasteiger partial charge in [0, 0.05) is 6.54 Å². The quantitative estimate of drug-likeness (QED) is 0.707. The molecule has 4 N–H and O–H groups in total. The molecule has 3 aromatic rings. The van der Waals surface area contributed by atoms with Gasteiger partial charge in [-0.3, -0.25) is 0 Å². The monoisotopic (exact) mass is 360 g/mol. The first-order valence-corrected chi connectivity index (χ1v) is 7.48. The summed E-state index contributed by atoms with van der Waals surface area (Å²) in [6, 6.07) is 26.8. The van der Waals surface area contributed by atoms with Crippen LogP contribution in [0.15, 0.2) is 78.9 Å². The van der Waals surface area contributed by atoms with Crippen LogP contribution in [0.1, 0.15) is 22.7 Å². The predicted molar refractivity (Wildman–Crippen MR) is 107 cm³/mol. The molecule has 1 unspecified atom stereocenters. The zero-order valence-corrected chi connectivity index (χ0v) is 14.9. The van der Waals surface area contributed by atoms with E-state index < -0.39 is 0 Å².